The van der Waals surface area contributed by atoms with Crippen molar-refractivity contribution in [3.8, 4) is 0 Å². The number of aliphatic hydroxyl groups is 1. The molecule has 0 fully saturated rings. The first-order valence-electron chi connectivity index (χ1n) is 8.21. The highest BCUT2D eigenvalue weighted by Gasteiger charge is 2.43. The van der Waals surface area contributed by atoms with Crippen molar-refractivity contribution in [1.29, 1.82) is 0 Å². The van der Waals surface area contributed by atoms with Crippen LogP contribution in [0.25, 0.3) is 0 Å². The number of thioether (sulfide) groups is 1. The van der Waals surface area contributed by atoms with Gasteiger partial charge in [-0.3, -0.25) is 4.79 Å². The van der Waals surface area contributed by atoms with Crippen molar-refractivity contribution in [2.75, 3.05) is 0 Å². The van der Waals surface area contributed by atoms with E-state index in [2.05, 4.69) is 13.8 Å². The maximum Gasteiger partial charge on any atom is 0.219 e. The minimum atomic E-state index is -0.316. The fraction of sp³-hybridized carbons (Fsp3) is 0.824. The molecule has 0 amide bonds. The Balaban J connectivity index is 2.25. The summed E-state index contributed by atoms with van der Waals surface area (Å²) in [5, 5.41) is 10.3. The number of unbranched alkanes of at least 4 members (excludes halogenated alkanes) is 7. The highest BCUT2D eigenvalue weighted by Crippen LogP contribution is 2.47. The van der Waals surface area contributed by atoms with E-state index in [9.17, 15) is 9.90 Å². The lowest BCUT2D eigenvalue weighted by molar-refractivity contribution is -0.107. The molecule has 1 aliphatic rings. The summed E-state index contributed by atoms with van der Waals surface area (Å²) in [5.74, 6) is 0.345. The van der Waals surface area contributed by atoms with Gasteiger partial charge in [-0.05, 0) is 19.8 Å². The number of carbonyl (C=O) groups excluding carboxylic acids is 1. The van der Waals surface area contributed by atoms with E-state index in [1.165, 1.54) is 56.7 Å². The van der Waals surface area contributed by atoms with Gasteiger partial charge in [0.05, 0.1) is 4.75 Å². The molecule has 0 spiro atoms. The minimum absolute atomic E-state index is 0.0592. The molecule has 0 saturated carbocycles. The largest absolute Gasteiger partial charge is 0.510 e. The van der Waals surface area contributed by atoms with Crippen LogP contribution >= 0.6 is 11.8 Å². The van der Waals surface area contributed by atoms with Crippen LogP contribution in [0.2, 0.25) is 0 Å². The van der Waals surface area contributed by atoms with Gasteiger partial charge in [-0.1, -0.05) is 77.0 Å². The molecule has 0 aromatic rings. The Morgan fingerprint density at radius 3 is 2.00 bits per heavy atom. The molecule has 1 rings (SSSR count). The number of hydrogen-bond acceptors (Lipinski definition) is 3. The fourth-order valence-electron chi connectivity index (χ4n) is 2.87. The standard InChI is InChI=1S/C17H30O2S/c1-4-6-7-8-9-10-11-12-13-17(5-2)15(18)14(3)16(19)20-17/h18H,4-13H2,1-3H3. The molecule has 0 aliphatic carbocycles. The molecular formula is C17H30O2S. The lowest BCUT2D eigenvalue weighted by Gasteiger charge is -2.26. The zero-order chi connectivity index (χ0) is 15.0. The van der Waals surface area contributed by atoms with E-state index in [0.29, 0.717) is 11.3 Å². The third-order valence-corrected chi connectivity index (χ3v) is 5.95. The van der Waals surface area contributed by atoms with Crippen molar-refractivity contribution in [3.05, 3.63) is 11.3 Å². The van der Waals surface area contributed by atoms with Crippen molar-refractivity contribution in [3.63, 3.8) is 0 Å². The van der Waals surface area contributed by atoms with Gasteiger partial charge in [0.2, 0.25) is 5.12 Å². The summed E-state index contributed by atoms with van der Waals surface area (Å²) in [4.78, 5) is 11.7. The van der Waals surface area contributed by atoms with Crippen LogP contribution in [0.1, 0.15) is 85.0 Å². The maximum atomic E-state index is 11.7. The van der Waals surface area contributed by atoms with E-state index >= 15 is 0 Å². The van der Waals surface area contributed by atoms with Crippen LogP contribution in [0.5, 0.6) is 0 Å². The lowest BCUT2D eigenvalue weighted by Crippen LogP contribution is -2.24. The average molecular weight is 298 g/mol. The molecule has 3 heteroatoms. The van der Waals surface area contributed by atoms with Gasteiger partial charge in [0.25, 0.3) is 0 Å². The summed E-state index contributed by atoms with van der Waals surface area (Å²) in [6.45, 7) is 6.06. The van der Waals surface area contributed by atoms with Crippen LogP contribution in [0.4, 0.5) is 0 Å². The van der Waals surface area contributed by atoms with Gasteiger partial charge >= 0.3 is 0 Å². The van der Waals surface area contributed by atoms with Crippen LogP contribution in [0.15, 0.2) is 11.3 Å². The molecule has 0 aromatic heterocycles. The van der Waals surface area contributed by atoms with Gasteiger partial charge in [0, 0.05) is 5.57 Å². The zero-order valence-electron chi connectivity index (χ0n) is 13.3. The first kappa shape index (κ1) is 17.6. The highest BCUT2D eigenvalue weighted by atomic mass is 32.2. The van der Waals surface area contributed by atoms with Gasteiger partial charge in [-0.25, -0.2) is 0 Å². The number of carbonyl (C=O) groups is 1. The van der Waals surface area contributed by atoms with Crippen molar-refractivity contribution in [2.24, 2.45) is 0 Å². The predicted octanol–water partition coefficient (Wildman–Crippen LogP) is 5.77. The molecule has 1 unspecified atom stereocenters. The Morgan fingerprint density at radius 2 is 1.55 bits per heavy atom. The van der Waals surface area contributed by atoms with E-state index < -0.39 is 0 Å². The third kappa shape index (κ3) is 4.54. The average Bonchev–Trinajstić information content (AvgIpc) is 2.67. The molecule has 20 heavy (non-hydrogen) atoms. The van der Waals surface area contributed by atoms with E-state index in [1.54, 1.807) is 6.92 Å². The first-order valence-corrected chi connectivity index (χ1v) is 9.02. The molecule has 0 aromatic carbocycles. The Bertz CT molecular complexity index is 349. The molecule has 2 nitrogen and oxygen atoms in total. The van der Waals surface area contributed by atoms with Crippen LogP contribution in [-0.4, -0.2) is 15.0 Å². The maximum absolute atomic E-state index is 11.7. The monoisotopic (exact) mass is 298 g/mol. The molecular weight excluding hydrogens is 268 g/mol. The Hall–Kier alpha value is -0.440. The van der Waals surface area contributed by atoms with E-state index in [-0.39, 0.29) is 9.86 Å². The quantitative estimate of drug-likeness (QED) is 0.520. The first-order chi connectivity index (χ1) is 9.57. The molecule has 1 aliphatic heterocycles. The summed E-state index contributed by atoms with van der Waals surface area (Å²) in [6, 6.07) is 0. The predicted molar refractivity (Wildman–Crippen MR) is 88.2 cm³/mol. The third-order valence-electron chi connectivity index (χ3n) is 4.39. The molecule has 0 saturated heterocycles. The van der Waals surface area contributed by atoms with Crippen molar-refractivity contribution in [1.82, 2.24) is 0 Å². The van der Waals surface area contributed by atoms with E-state index in [0.717, 1.165) is 19.3 Å². The van der Waals surface area contributed by atoms with Gasteiger partial charge in [-0.2, -0.15) is 0 Å². The second-order valence-corrected chi connectivity index (χ2v) is 7.29. The molecule has 0 radical (unpaired) electrons. The van der Waals surface area contributed by atoms with Crippen LogP contribution in [-0.2, 0) is 4.79 Å². The Kier molecular flexibility index (Phi) is 7.71. The van der Waals surface area contributed by atoms with Crippen LogP contribution in [0, 0.1) is 0 Å². The molecule has 1 heterocycles. The molecule has 0 bridgehead atoms. The van der Waals surface area contributed by atoms with Crippen LogP contribution in [0.3, 0.4) is 0 Å². The van der Waals surface area contributed by atoms with E-state index in [1.807, 2.05) is 0 Å². The minimum Gasteiger partial charge on any atom is -0.510 e. The molecule has 1 N–H and O–H groups in total. The van der Waals surface area contributed by atoms with Gasteiger partial charge in [0.1, 0.15) is 5.76 Å². The molecule has 1 atom stereocenters. The number of hydrogen-bond donors (Lipinski definition) is 1. The van der Waals surface area contributed by atoms with Crippen molar-refractivity contribution >= 4 is 16.9 Å². The highest BCUT2D eigenvalue weighted by molar-refractivity contribution is 8.15. The van der Waals surface area contributed by atoms with Gasteiger partial charge in [-0.15, -0.1) is 0 Å². The van der Waals surface area contributed by atoms with Crippen molar-refractivity contribution < 1.29 is 9.90 Å². The zero-order valence-corrected chi connectivity index (χ0v) is 14.2. The summed E-state index contributed by atoms with van der Waals surface area (Å²) in [5.41, 5.74) is 0.566. The fourth-order valence-corrected chi connectivity index (χ4v) is 4.12. The van der Waals surface area contributed by atoms with Crippen LogP contribution < -0.4 is 0 Å². The number of rotatable bonds is 10. The smallest absolute Gasteiger partial charge is 0.219 e. The normalized spacial score (nSPS) is 22.9. The van der Waals surface area contributed by atoms with Gasteiger partial charge < -0.3 is 5.11 Å². The Morgan fingerprint density at radius 1 is 1.00 bits per heavy atom. The second kappa shape index (κ2) is 8.76. The number of aliphatic hydroxyl groups excluding tert-OH is 1. The Labute approximate surface area is 128 Å². The summed E-state index contributed by atoms with van der Waals surface area (Å²) in [6.07, 6.45) is 12.1. The topological polar surface area (TPSA) is 37.3 Å². The summed E-state index contributed by atoms with van der Waals surface area (Å²) >= 11 is 1.34. The van der Waals surface area contributed by atoms with E-state index in [4.69, 9.17) is 0 Å². The lowest BCUT2D eigenvalue weighted by atomic mass is 9.93. The second-order valence-electron chi connectivity index (χ2n) is 5.94. The SMILES string of the molecule is CCCCCCCCCCC1(CC)SC(=O)C(C)=C1O. The summed E-state index contributed by atoms with van der Waals surface area (Å²) in [7, 11) is 0. The van der Waals surface area contributed by atoms with Gasteiger partial charge in [0.15, 0.2) is 0 Å². The molecule has 116 valence electrons. The summed E-state index contributed by atoms with van der Waals surface area (Å²) < 4.78 is -0.316. The van der Waals surface area contributed by atoms with Crippen molar-refractivity contribution in [2.45, 2.75) is 89.7 Å².